The number of nitrogens with one attached hydrogen (secondary N) is 1. The lowest BCUT2D eigenvalue weighted by Gasteiger charge is -2.12. The van der Waals surface area contributed by atoms with Crippen LogP contribution >= 0.6 is 11.6 Å². The molecule has 0 atom stereocenters. The molecule has 0 saturated carbocycles. The summed E-state index contributed by atoms with van der Waals surface area (Å²) in [5.74, 6) is 0.984. The molecule has 0 aliphatic carbocycles. The van der Waals surface area contributed by atoms with E-state index in [0.717, 1.165) is 0 Å². The van der Waals surface area contributed by atoms with Gasteiger partial charge >= 0.3 is 0 Å². The van der Waals surface area contributed by atoms with Gasteiger partial charge in [-0.2, -0.15) is 0 Å². The monoisotopic (exact) mass is 226 g/mol. The van der Waals surface area contributed by atoms with E-state index in [2.05, 4.69) is 13.8 Å². The Balaban J connectivity index is 2.92. The maximum Gasteiger partial charge on any atom is 0.131 e. The first-order chi connectivity index (χ1) is 7.00. The molecule has 0 bridgehead atoms. The summed E-state index contributed by atoms with van der Waals surface area (Å²) in [7, 11) is 0. The first-order valence-corrected chi connectivity index (χ1v) is 5.15. The maximum atomic E-state index is 7.39. The van der Waals surface area contributed by atoms with Crippen LogP contribution in [0.5, 0.6) is 5.75 Å². The van der Waals surface area contributed by atoms with Gasteiger partial charge in [-0.05, 0) is 24.1 Å². The number of halogens is 1. The van der Waals surface area contributed by atoms with Gasteiger partial charge in [-0.15, -0.1) is 0 Å². The Morgan fingerprint density at radius 2 is 2.20 bits per heavy atom. The van der Waals surface area contributed by atoms with E-state index in [0.29, 0.717) is 28.9 Å². The van der Waals surface area contributed by atoms with E-state index in [1.165, 1.54) is 0 Å². The second kappa shape index (κ2) is 5.03. The van der Waals surface area contributed by atoms with Crippen LogP contribution in [0.3, 0.4) is 0 Å². The maximum absolute atomic E-state index is 7.39. The van der Waals surface area contributed by atoms with E-state index in [4.69, 9.17) is 27.5 Å². The van der Waals surface area contributed by atoms with E-state index >= 15 is 0 Å². The number of rotatable bonds is 4. The van der Waals surface area contributed by atoms with E-state index in [9.17, 15) is 0 Å². The molecule has 0 amide bonds. The van der Waals surface area contributed by atoms with Crippen molar-refractivity contribution in [3.05, 3.63) is 28.8 Å². The molecule has 3 nitrogen and oxygen atoms in total. The SMILES string of the molecule is CC(C)COc1cc(Cl)ccc1C(=N)N. The van der Waals surface area contributed by atoms with Crippen molar-refractivity contribution in [2.45, 2.75) is 13.8 Å². The Hall–Kier alpha value is -1.22. The summed E-state index contributed by atoms with van der Waals surface area (Å²) in [6.45, 7) is 4.69. The molecule has 0 heterocycles. The molecule has 0 saturated heterocycles. The first-order valence-electron chi connectivity index (χ1n) is 4.77. The molecule has 82 valence electrons. The minimum absolute atomic E-state index is 0.00887. The van der Waals surface area contributed by atoms with Gasteiger partial charge in [0.25, 0.3) is 0 Å². The molecular weight excluding hydrogens is 212 g/mol. The van der Waals surface area contributed by atoms with Crippen LogP contribution in [0, 0.1) is 11.3 Å². The highest BCUT2D eigenvalue weighted by atomic mass is 35.5. The fourth-order valence-electron chi connectivity index (χ4n) is 1.09. The highest BCUT2D eigenvalue weighted by Gasteiger charge is 2.08. The van der Waals surface area contributed by atoms with Gasteiger partial charge in [-0.3, -0.25) is 5.41 Å². The van der Waals surface area contributed by atoms with Gasteiger partial charge in [0.15, 0.2) is 0 Å². The molecule has 3 N–H and O–H groups in total. The highest BCUT2D eigenvalue weighted by molar-refractivity contribution is 6.30. The smallest absolute Gasteiger partial charge is 0.131 e. The van der Waals surface area contributed by atoms with Crippen molar-refractivity contribution in [3.63, 3.8) is 0 Å². The average Bonchev–Trinajstić information content (AvgIpc) is 2.14. The topological polar surface area (TPSA) is 59.1 Å². The molecule has 0 aliphatic heterocycles. The summed E-state index contributed by atoms with van der Waals surface area (Å²) in [6.07, 6.45) is 0. The van der Waals surface area contributed by atoms with E-state index in [1.54, 1.807) is 18.2 Å². The molecule has 15 heavy (non-hydrogen) atoms. The molecule has 1 rings (SSSR count). The van der Waals surface area contributed by atoms with Crippen LogP contribution in [0.25, 0.3) is 0 Å². The zero-order valence-corrected chi connectivity index (χ0v) is 9.64. The number of hydrogen-bond acceptors (Lipinski definition) is 2. The van der Waals surface area contributed by atoms with Gasteiger partial charge in [0.05, 0.1) is 12.2 Å². The van der Waals surface area contributed by atoms with Crippen molar-refractivity contribution in [2.75, 3.05) is 6.61 Å². The van der Waals surface area contributed by atoms with Crippen LogP contribution in [0.2, 0.25) is 5.02 Å². The highest BCUT2D eigenvalue weighted by Crippen LogP contribution is 2.23. The van der Waals surface area contributed by atoms with Crippen LogP contribution in [-0.2, 0) is 0 Å². The molecule has 1 aromatic carbocycles. The van der Waals surface area contributed by atoms with Crippen molar-refractivity contribution in [1.29, 1.82) is 5.41 Å². The minimum Gasteiger partial charge on any atom is -0.493 e. The molecule has 0 unspecified atom stereocenters. The second-order valence-corrected chi connectivity index (χ2v) is 4.20. The van der Waals surface area contributed by atoms with Crippen LogP contribution in [-0.4, -0.2) is 12.4 Å². The Labute approximate surface area is 94.7 Å². The van der Waals surface area contributed by atoms with Gasteiger partial charge < -0.3 is 10.5 Å². The normalized spacial score (nSPS) is 10.4. The summed E-state index contributed by atoms with van der Waals surface area (Å²) in [6, 6.07) is 5.07. The van der Waals surface area contributed by atoms with Crippen LogP contribution in [0.15, 0.2) is 18.2 Å². The fourth-order valence-corrected chi connectivity index (χ4v) is 1.26. The zero-order chi connectivity index (χ0) is 11.4. The third kappa shape index (κ3) is 3.44. The standard InChI is InChI=1S/C11H15ClN2O/c1-7(2)6-15-10-5-8(12)3-4-9(10)11(13)14/h3-5,7H,6H2,1-2H3,(H3,13,14). The lowest BCUT2D eigenvalue weighted by molar-refractivity contribution is 0.270. The second-order valence-electron chi connectivity index (χ2n) is 3.76. The summed E-state index contributed by atoms with van der Waals surface area (Å²) in [5.41, 5.74) is 6.01. The van der Waals surface area contributed by atoms with Gasteiger partial charge in [0.2, 0.25) is 0 Å². The quantitative estimate of drug-likeness (QED) is 0.613. The number of nitrogens with two attached hydrogens (primary N) is 1. The predicted molar refractivity (Wildman–Crippen MR) is 62.8 cm³/mol. The van der Waals surface area contributed by atoms with Crippen molar-refractivity contribution < 1.29 is 4.74 Å². The number of benzene rings is 1. The van der Waals surface area contributed by atoms with Gasteiger partial charge in [0.1, 0.15) is 11.6 Å². The van der Waals surface area contributed by atoms with Crippen molar-refractivity contribution >= 4 is 17.4 Å². The molecule has 0 radical (unpaired) electrons. The molecular formula is C11H15ClN2O. The molecule has 0 aromatic heterocycles. The Morgan fingerprint density at radius 1 is 1.53 bits per heavy atom. The summed E-state index contributed by atoms with van der Waals surface area (Å²) >= 11 is 5.85. The van der Waals surface area contributed by atoms with Crippen LogP contribution in [0.1, 0.15) is 19.4 Å². The lowest BCUT2D eigenvalue weighted by Crippen LogP contribution is -2.14. The largest absolute Gasteiger partial charge is 0.493 e. The number of ether oxygens (including phenoxy) is 1. The summed E-state index contributed by atoms with van der Waals surface area (Å²) in [5, 5.41) is 7.97. The van der Waals surface area contributed by atoms with Crippen molar-refractivity contribution in [3.8, 4) is 5.75 Å². The van der Waals surface area contributed by atoms with Gasteiger partial charge in [-0.1, -0.05) is 25.4 Å². The molecule has 0 aliphatic rings. The fraction of sp³-hybridized carbons (Fsp3) is 0.364. The number of amidine groups is 1. The Morgan fingerprint density at radius 3 is 2.73 bits per heavy atom. The van der Waals surface area contributed by atoms with Crippen LogP contribution in [0.4, 0.5) is 0 Å². The average molecular weight is 227 g/mol. The number of nitrogen functional groups attached to an aromatic ring is 1. The van der Waals surface area contributed by atoms with E-state index in [-0.39, 0.29) is 5.84 Å². The zero-order valence-electron chi connectivity index (χ0n) is 8.88. The molecule has 0 spiro atoms. The van der Waals surface area contributed by atoms with Gasteiger partial charge in [0, 0.05) is 5.02 Å². The van der Waals surface area contributed by atoms with Crippen LogP contribution < -0.4 is 10.5 Å². The van der Waals surface area contributed by atoms with Gasteiger partial charge in [-0.25, -0.2) is 0 Å². The Kier molecular flexibility index (Phi) is 3.97. The summed E-state index contributed by atoms with van der Waals surface area (Å²) < 4.78 is 5.54. The third-order valence-corrected chi connectivity index (χ3v) is 2.04. The van der Waals surface area contributed by atoms with E-state index in [1.807, 2.05) is 0 Å². The molecule has 4 heteroatoms. The lowest BCUT2D eigenvalue weighted by atomic mass is 10.2. The molecule has 1 aromatic rings. The predicted octanol–water partition coefficient (Wildman–Crippen LogP) is 2.66. The number of hydrogen-bond donors (Lipinski definition) is 2. The first kappa shape index (κ1) is 11.9. The minimum atomic E-state index is -0.00887. The Bertz CT molecular complexity index is 364. The third-order valence-electron chi connectivity index (χ3n) is 1.81. The summed E-state index contributed by atoms with van der Waals surface area (Å²) in [4.78, 5) is 0. The van der Waals surface area contributed by atoms with Crippen molar-refractivity contribution in [2.24, 2.45) is 11.7 Å². The molecule has 0 fully saturated rings. The van der Waals surface area contributed by atoms with E-state index < -0.39 is 0 Å². The van der Waals surface area contributed by atoms with Crippen molar-refractivity contribution in [1.82, 2.24) is 0 Å².